The lowest BCUT2D eigenvalue weighted by molar-refractivity contribution is 0.462. The van der Waals surface area contributed by atoms with E-state index in [1.165, 1.54) is 24.0 Å². The van der Waals surface area contributed by atoms with Gasteiger partial charge in [-0.05, 0) is 55.6 Å². The van der Waals surface area contributed by atoms with E-state index >= 15 is 0 Å². The summed E-state index contributed by atoms with van der Waals surface area (Å²) in [5, 5.41) is 4.27. The summed E-state index contributed by atoms with van der Waals surface area (Å²) in [7, 11) is -3.65. The summed E-state index contributed by atoms with van der Waals surface area (Å²) < 4.78 is 25.5. The van der Waals surface area contributed by atoms with Crippen molar-refractivity contribution in [1.29, 1.82) is 0 Å². The molecular formula is C19H20ClN3O2S. The van der Waals surface area contributed by atoms with Crippen LogP contribution in [0, 0.1) is 0 Å². The van der Waals surface area contributed by atoms with Gasteiger partial charge in [0.25, 0.3) is 0 Å². The first-order valence-corrected chi connectivity index (χ1v) is 9.90. The summed E-state index contributed by atoms with van der Waals surface area (Å²) in [4.78, 5) is 8.68. The van der Waals surface area contributed by atoms with Gasteiger partial charge in [-0.3, -0.25) is 4.98 Å². The van der Waals surface area contributed by atoms with E-state index in [-0.39, 0.29) is 22.3 Å². The molecule has 3 heterocycles. The second-order valence-electron chi connectivity index (χ2n) is 6.29. The molecule has 0 unspecified atom stereocenters. The molecule has 0 saturated carbocycles. The number of benzene rings is 1. The molecule has 7 heteroatoms. The number of hydrogen-bond donors (Lipinski definition) is 1. The maximum absolute atomic E-state index is 12.8. The number of para-hydroxylation sites is 1. The number of pyridine rings is 2. The smallest absolute Gasteiger partial charge is 0.225 e. The van der Waals surface area contributed by atoms with E-state index in [0.717, 1.165) is 36.8 Å². The lowest BCUT2D eigenvalue weighted by Crippen LogP contribution is -2.26. The molecule has 1 aliphatic heterocycles. The van der Waals surface area contributed by atoms with Crippen LogP contribution in [0.2, 0.25) is 0 Å². The molecule has 0 aliphatic carbocycles. The molecule has 136 valence electrons. The highest BCUT2D eigenvalue weighted by Crippen LogP contribution is 2.31. The van der Waals surface area contributed by atoms with E-state index in [4.69, 9.17) is 0 Å². The van der Waals surface area contributed by atoms with E-state index in [2.05, 4.69) is 21.4 Å². The van der Waals surface area contributed by atoms with Crippen molar-refractivity contribution in [1.82, 2.24) is 15.3 Å². The molecule has 0 bridgehead atoms. The van der Waals surface area contributed by atoms with E-state index in [0.29, 0.717) is 5.92 Å². The maximum atomic E-state index is 12.8. The van der Waals surface area contributed by atoms with Gasteiger partial charge >= 0.3 is 0 Å². The third-order valence-electron chi connectivity index (χ3n) is 4.72. The topological polar surface area (TPSA) is 72.0 Å². The molecule has 26 heavy (non-hydrogen) atoms. The number of nitrogens with one attached hydrogen (secondary N) is 1. The Morgan fingerprint density at radius 2 is 1.81 bits per heavy atom. The van der Waals surface area contributed by atoms with Gasteiger partial charge in [-0.15, -0.1) is 12.4 Å². The minimum absolute atomic E-state index is 0. The number of aromatic nitrogens is 2. The third-order valence-corrected chi connectivity index (χ3v) is 6.36. The van der Waals surface area contributed by atoms with Crippen LogP contribution in [-0.2, 0) is 9.84 Å². The van der Waals surface area contributed by atoms with Crippen molar-refractivity contribution >= 4 is 33.1 Å². The second-order valence-corrected chi connectivity index (χ2v) is 8.18. The lowest BCUT2D eigenvalue weighted by Gasteiger charge is -2.23. The summed E-state index contributed by atoms with van der Waals surface area (Å²) >= 11 is 0. The van der Waals surface area contributed by atoms with Crippen LogP contribution in [0.3, 0.4) is 0 Å². The Morgan fingerprint density at radius 3 is 2.54 bits per heavy atom. The van der Waals surface area contributed by atoms with Gasteiger partial charge in [0.15, 0.2) is 5.03 Å². The summed E-state index contributed by atoms with van der Waals surface area (Å²) in [6.45, 7) is 2.01. The highest BCUT2D eigenvalue weighted by molar-refractivity contribution is 7.91. The van der Waals surface area contributed by atoms with Gasteiger partial charge in [-0.2, -0.15) is 0 Å². The van der Waals surface area contributed by atoms with Gasteiger partial charge in [0, 0.05) is 17.8 Å². The third kappa shape index (κ3) is 3.45. The van der Waals surface area contributed by atoms with Crippen LogP contribution < -0.4 is 5.32 Å². The first-order valence-electron chi connectivity index (χ1n) is 8.42. The molecule has 5 nitrogen and oxygen atoms in total. The first-order chi connectivity index (χ1) is 12.2. The number of sulfone groups is 1. The standard InChI is InChI=1S/C19H19N3O2S.ClH/c23-25(24,18-6-1-2-9-21-18)16-12-15-4-3-5-17(19(15)22-13-16)14-7-10-20-11-8-14;/h1-6,9,12-14,20H,7-8,10-11H2;1H. The molecule has 0 atom stereocenters. The van der Waals surface area contributed by atoms with Crippen molar-refractivity contribution in [2.24, 2.45) is 0 Å². The minimum Gasteiger partial charge on any atom is -0.317 e. The molecule has 4 rings (SSSR count). The number of fused-ring (bicyclic) bond motifs is 1. The second kappa shape index (κ2) is 7.70. The van der Waals surface area contributed by atoms with E-state index in [9.17, 15) is 8.42 Å². The summed E-state index contributed by atoms with van der Waals surface area (Å²) in [6.07, 6.45) is 5.09. The van der Waals surface area contributed by atoms with Crippen molar-refractivity contribution in [2.45, 2.75) is 28.7 Å². The Labute approximate surface area is 159 Å². The van der Waals surface area contributed by atoms with E-state index in [1.54, 1.807) is 18.2 Å². The lowest BCUT2D eigenvalue weighted by atomic mass is 9.89. The van der Waals surface area contributed by atoms with Crippen LogP contribution in [0.1, 0.15) is 24.3 Å². The van der Waals surface area contributed by atoms with Crippen LogP contribution in [0.15, 0.2) is 64.8 Å². The predicted octanol–water partition coefficient (Wildman–Crippen LogP) is 3.35. The van der Waals surface area contributed by atoms with Crippen molar-refractivity contribution in [3.05, 3.63) is 60.4 Å². The summed E-state index contributed by atoms with van der Waals surface area (Å²) in [6, 6.07) is 12.6. The maximum Gasteiger partial charge on any atom is 0.225 e. The van der Waals surface area contributed by atoms with Gasteiger partial charge < -0.3 is 5.32 Å². The van der Waals surface area contributed by atoms with Gasteiger partial charge in [0.1, 0.15) is 0 Å². The molecule has 0 amide bonds. The average Bonchev–Trinajstić information content (AvgIpc) is 2.68. The van der Waals surface area contributed by atoms with Crippen LogP contribution in [0.25, 0.3) is 10.9 Å². The molecular weight excluding hydrogens is 370 g/mol. The van der Waals surface area contributed by atoms with Gasteiger partial charge in [-0.25, -0.2) is 13.4 Å². The number of hydrogen-bond acceptors (Lipinski definition) is 5. The van der Waals surface area contributed by atoms with Gasteiger partial charge in [0.05, 0.1) is 10.4 Å². The molecule has 3 aromatic rings. The molecule has 0 spiro atoms. The molecule has 1 saturated heterocycles. The molecule has 0 radical (unpaired) electrons. The summed E-state index contributed by atoms with van der Waals surface area (Å²) in [5.41, 5.74) is 2.11. The zero-order chi connectivity index (χ0) is 17.3. The number of halogens is 1. The molecule has 1 aromatic carbocycles. The molecule has 1 fully saturated rings. The SMILES string of the molecule is Cl.O=S(=O)(c1cnc2c(C3CCNCC3)cccc2c1)c1ccccn1. The number of piperidine rings is 1. The van der Waals surface area contributed by atoms with Crippen molar-refractivity contribution < 1.29 is 8.42 Å². The van der Waals surface area contributed by atoms with E-state index < -0.39 is 9.84 Å². The van der Waals surface area contributed by atoms with Crippen LogP contribution >= 0.6 is 12.4 Å². The highest BCUT2D eigenvalue weighted by Gasteiger charge is 2.22. The highest BCUT2D eigenvalue weighted by atomic mass is 35.5. The molecule has 1 aliphatic rings. The Morgan fingerprint density at radius 1 is 1.00 bits per heavy atom. The quantitative estimate of drug-likeness (QED) is 0.743. The van der Waals surface area contributed by atoms with Crippen molar-refractivity contribution in [3.8, 4) is 0 Å². The Bertz CT molecular complexity index is 1000. The average molecular weight is 390 g/mol. The number of nitrogens with zero attached hydrogens (tertiary/aromatic N) is 2. The monoisotopic (exact) mass is 389 g/mol. The Kier molecular flexibility index (Phi) is 5.55. The Hall–Kier alpha value is -2.02. The van der Waals surface area contributed by atoms with Crippen molar-refractivity contribution in [2.75, 3.05) is 13.1 Å². The zero-order valence-corrected chi connectivity index (χ0v) is 15.8. The van der Waals surface area contributed by atoms with Gasteiger partial charge in [-0.1, -0.05) is 24.3 Å². The minimum atomic E-state index is -3.65. The zero-order valence-electron chi connectivity index (χ0n) is 14.1. The van der Waals surface area contributed by atoms with Gasteiger partial charge in [0.2, 0.25) is 9.84 Å². The van der Waals surface area contributed by atoms with Crippen molar-refractivity contribution in [3.63, 3.8) is 0 Å². The fourth-order valence-electron chi connectivity index (χ4n) is 3.40. The first kappa shape index (κ1) is 18.8. The Balaban J connectivity index is 0.00000196. The largest absolute Gasteiger partial charge is 0.317 e. The van der Waals surface area contributed by atoms with Crippen LogP contribution in [-0.4, -0.2) is 31.5 Å². The molecule has 2 aromatic heterocycles. The fourth-order valence-corrected chi connectivity index (χ4v) is 4.57. The van der Waals surface area contributed by atoms with E-state index in [1.807, 2.05) is 12.1 Å². The molecule has 1 N–H and O–H groups in total. The fraction of sp³-hybridized carbons (Fsp3) is 0.263. The van der Waals surface area contributed by atoms with Crippen LogP contribution in [0.5, 0.6) is 0 Å². The predicted molar refractivity (Wildman–Crippen MR) is 104 cm³/mol. The normalized spacial score (nSPS) is 15.5. The number of rotatable bonds is 3. The van der Waals surface area contributed by atoms with Crippen LogP contribution in [0.4, 0.5) is 0 Å². The summed E-state index contributed by atoms with van der Waals surface area (Å²) in [5.74, 6) is 0.468.